The predicted octanol–water partition coefficient (Wildman–Crippen LogP) is 3.12. The lowest BCUT2D eigenvalue weighted by Gasteiger charge is -2.27. The Morgan fingerprint density at radius 2 is 2.08 bits per heavy atom. The molecule has 3 rings (SSSR count). The van der Waals surface area contributed by atoms with Crippen LogP contribution in [0.1, 0.15) is 41.9 Å². The summed E-state index contributed by atoms with van der Waals surface area (Å²) in [7, 11) is 1.63. The third-order valence-corrected chi connectivity index (χ3v) is 5.88. The summed E-state index contributed by atoms with van der Waals surface area (Å²) < 4.78 is 5.18. The molecule has 1 aromatic heterocycles. The summed E-state index contributed by atoms with van der Waals surface area (Å²) in [6.45, 7) is 3.71. The number of methoxy groups -OCH3 is 1. The average molecular weight is 358 g/mol. The lowest BCUT2D eigenvalue weighted by atomic mass is 9.98. The highest BCUT2D eigenvalue weighted by Crippen LogP contribution is 2.45. The second kappa shape index (κ2) is 7.06. The number of aromatic amines is 1. The van der Waals surface area contributed by atoms with E-state index in [9.17, 15) is 9.90 Å². The Morgan fingerprint density at radius 3 is 2.72 bits per heavy atom. The van der Waals surface area contributed by atoms with Gasteiger partial charge >= 0.3 is 0 Å². The smallest absolute Gasteiger partial charge is 0.254 e. The highest BCUT2D eigenvalue weighted by atomic mass is 32.2. The highest BCUT2D eigenvalue weighted by Gasteiger charge is 2.40. The Bertz CT molecular complexity index is 845. The minimum Gasteiger partial charge on any atom is -0.497 e. The molecular formula is C19H22N2O3S. The summed E-state index contributed by atoms with van der Waals surface area (Å²) in [5.41, 5.74) is 2.23. The second-order valence-corrected chi connectivity index (χ2v) is 7.38. The number of nitrogens with one attached hydrogen (secondary N) is 1. The van der Waals surface area contributed by atoms with Crippen LogP contribution < -0.4 is 10.3 Å². The van der Waals surface area contributed by atoms with Crippen molar-refractivity contribution in [2.75, 3.05) is 7.11 Å². The van der Waals surface area contributed by atoms with Gasteiger partial charge in [-0.05, 0) is 36.4 Å². The summed E-state index contributed by atoms with van der Waals surface area (Å²) in [6.07, 6.45) is 3.03. The number of hydrogen-bond acceptors (Lipinski definition) is 5. The van der Waals surface area contributed by atoms with Crippen LogP contribution in [-0.2, 0) is 6.42 Å². The lowest BCUT2D eigenvalue weighted by molar-refractivity contribution is 0.118. The molecule has 2 atom stereocenters. The van der Waals surface area contributed by atoms with Crippen LogP contribution in [0.25, 0.3) is 0 Å². The maximum absolute atomic E-state index is 12.4. The van der Waals surface area contributed by atoms with Gasteiger partial charge in [-0.25, -0.2) is 4.98 Å². The van der Waals surface area contributed by atoms with Crippen LogP contribution in [-0.4, -0.2) is 27.1 Å². The van der Waals surface area contributed by atoms with Gasteiger partial charge in [0.25, 0.3) is 5.56 Å². The maximum Gasteiger partial charge on any atom is 0.254 e. The number of thioether (sulfide) groups is 1. The SMILES string of the molecule is CCC1(O)SC=CC1c1nc(Cc2ccc(OC)cc2)c(C)c(=O)[nH]1. The van der Waals surface area contributed by atoms with Crippen molar-refractivity contribution >= 4 is 11.8 Å². The molecular weight excluding hydrogens is 336 g/mol. The van der Waals surface area contributed by atoms with E-state index in [4.69, 9.17) is 4.74 Å². The first-order valence-corrected chi connectivity index (χ1v) is 9.14. The zero-order valence-electron chi connectivity index (χ0n) is 14.6. The molecule has 0 amide bonds. The van der Waals surface area contributed by atoms with Gasteiger partial charge in [0.15, 0.2) is 0 Å². The molecule has 0 saturated heterocycles. The highest BCUT2D eigenvalue weighted by molar-refractivity contribution is 8.03. The van der Waals surface area contributed by atoms with Gasteiger partial charge in [0.1, 0.15) is 16.5 Å². The molecule has 132 valence electrons. The van der Waals surface area contributed by atoms with Gasteiger partial charge in [-0.1, -0.05) is 36.9 Å². The summed E-state index contributed by atoms with van der Waals surface area (Å²) in [5.74, 6) is 0.997. The van der Waals surface area contributed by atoms with Crippen LogP contribution >= 0.6 is 11.8 Å². The van der Waals surface area contributed by atoms with Crippen molar-refractivity contribution in [2.24, 2.45) is 0 Å². The first-order chi connectivity index (χ1) is 12.0. The van der Waals surface area contributed by atoms with E-state index >= 15 is 0 Å². The van der Waals surface area contributed by atoms with Crippen LogP contribution in [0.15, 0.2) is 40.5 Å². The number of ether oxygens (including phenoxy) is 1. The van der Waals surface area contributed by atoms with Crippen LogP contribution in [0.5, 0.6) is 5.75 Å². The molecule has 0 radical (unpaired) electrons. The first-order valence-electron chi connectivity index (χ1n) is 8.26. The van der Waals surface area contributed by atoms with E-state index in [-0.39, 0.29) is 11.5 Å². The Kier molecular flexibility index (Phi) is 5.01. The molecule has 6 heteroatoms. The van der Waals surface area contributed by atoms with E-state index in [1.54, 1.807) is 14.0 Å². The normalized spacial score (nSPS) is 22.3. The number of benzene rings is 1. The van der Waals surface area contributed by atoms with Crippen molar-refractivity contribution in [1.82, 2.24) is 9.97 Å². The van der Waals surface area contributed by atoms with Crippen molar-refractivity contribution in [3.8, 4) is 5.75 Å². The second-order valence-electron chi connectivity index (χ2n) is 6.17. The summed E-state index contributed by atoms with van der Waals surface area (Å²) in [6, 6.07) is 7.72. The Hall–Kier alpha value is -2.05. The van der Waals surface area contributed by atoms with Crippen LogP contribution in [0.3, 0.4) is 0 Å². The number of aliphatic hydroxyl groups is 1. The Labute approximate surface area is 151 Å². The number of aromatic nitrogens is 2. The number of H-pyrrole nitrogens is 1. The van der Waals surface area contributed by atoms with Crippen LogP contribution in [0.2, 0.25) is 0 Å². The Morgan fingerprint density at radius 1 is 1.36 bits per heavy atom. The van der Waals surface area contributed by atoms with E-state index in [0.29, 0.717) is 24.2 Å². The minimum atomic E-state index is -0.956. The quantitative estimate of drug-likeness (QED) is 0.859. The third kappa shape index (κ3) is 3.50. The summed E-state index contributed by atoms with van der Waals surface area (Å²) in [5, 5.41) is 12.6. The molecule has 2 unspecified atom stereocenters. The van der Waals surface area contributed by atoms with Gasteiger partial charge in [0, 0.05) is 12.0 Å². The van der Waals surface area contributed by atoms with E-state index in [0.717, 1.165) is 17.0 Å². The van der Waals surface area contributed by atoms with Crippen molar-refractivity contribution in [2.45, 2.75) is 37.5 Å². The van der Waals surface area contributed by atoms with Crippen molar-refractivity contribution in [3.05, 3.63) is 68.7 Å². The van der Waals surface area contributed by atoms with Crippen molar-refractivity contribution < 1.29 is 9.84 Å². The molecule has 0 bridgehead atoms. The topological polar surface area (TPSA) is 75.2 Å². The molecule has 2 heterocycles. The maximum atomic E-state index is 12.4. The molecule has 2 N–H and O–H groups in total. The summed E-state index contributed by atoms with van der Waals surface area (Å²) >= 11 is 1.37. The molecule has 0 spiro atoms. The zero-order chi connectivity index (χ0) is 18.0. The fourth-order valence-corrected chi connectivity index (χ4v) is 3.90. The number of nitrogens with zero attached hydrogens (tertiary/aromatic N) is 1. The fraction of sp³-hybridized carbons (Fsp3) is 0.368. The minimum absolute atomic E-state index is 0.155. The van der Waals surface area contributed by atoms with E-state index < -0.39 is 4.93 Å². The molecule has 2 aromatic rings. The predicted molar refractivity (Wildman–Crippen MR) is 100 cm³/mol. The molecule has 0 aliphatic carbocycles. The number of rotatable bonds is 5. The van der Waals surface area contributed by atoms with Gasteiger partial charge in [0.2, 0.25) is 0 Å². The average Bonchev–Trinajstić information content (AvgIpc) is 3.02. The molecule has 0 saturated carbocycles. The fourth-order valence-electron chi connectivity index (χ4n) is 2.92. The van der Waals surface area contributed by atoms with Gasteiger partial charge in [-0.15, -0.1) is 0 Å². The first kappa shape index (κ1) is 17.8. The van der Waals surface area contributed by atoms with Crippen LogP contribution in [0, 0.1) is 6.92 Å². The molecule has 0 fully saturated rings. The zero-order valence-corrected chi connectivity index (χ0v) is 15.4. The van der Waals surface area contributed by atoms with Gasteiger partial charge in [-0.2, -0.15) is 0 Å². The van der Waals surface area contributed by atoms with Crippen molar-refractivity contribution in [1.29, 1.82) is 0 Å². The molecule has 1 aliphatic heterocycles. The Balaban J connectivity index is 1.95. The monoisotopic (exact) mass is 358 g/mol. The van der Waals surface area contributed by atoms with Gasteiger partial charge < -0.3 is 14.8 Å². The molecule has 1 aromatic carbocycles. The third-order valence-electron chi connectivity index (χ3n) is 4.63. The van der Waals surface area contributed by atoms with Crippen molar-refractivity contribution in [3.63, 3.8) is 0 Å². The largest absolute Gasteiger partial charge is 0.497 e. The van der Waals surface area contributed by atoms with E-state index in [2.05, 4.69) is 9.97 Å². The number of hydrogen-bond donors (Lipinski definition) is 2. The summed E-state index contributed by atoms with van der Waals surface area (Å²) in [4.78, 5) is 18.9. The van der Waals surface area contributed by atoms with E-state index in [1.807, 2.05) is 42.7 Å². The lowest BCUT2D eigenvalue weighted by Crippen LogP contribution is -2.31. The van der Waals surface area contributed by atoms with Gasteiger partial charge in [-0.3, -0.25) is 4.79 Å². The molecule has 25 heavy (non-hydrogen) atoms. The van der Waals surface area contributed by atoms with Crippen LogP contribution in [0.4, 0.5) is 0 Å². The van der Waals surface area contributed by atoms with Gasteiger partial charge in [0.05, 0.1) is 18.7 Å². The standard InChI is InChI=1S/C19H22N2O3S/c1-4-19(23)15(9-10-25-19)17-20-16(12(2)18(22)21-17)11-13-5-7-14(24-3)8-6-13/h5-10,15,23H,4,11H2,1-3H3,(H,20,21,22). The van der Waals surface area contributed by atoms with E-state index in [1.165, 1.54) is 11.8 Å². The molecule has 1 aliphatic rings. The molecule has 5 nitrogen and oxygen atoms in total.